The van der Waals surface area contributed by atoms with Crippen LogP contribution in [0.5, 0.6) is 0 Å². The summed E-state index contributed by atoms with van der Waals surface area (Å²) in [5, 5.41) is 2.01. The molecule has 0 saturated carbocycles. The van der Waals surface area contributed by atoms with E-state index >= 15 is 0 Å². The van der Waals surface area contributed by atoms with Crippen LogP contribution >= 0.6 is 11.3 Å². The van der Waals surface area contributed by atoms with Crippen LogP contribution in [0, 0.1) is 12.7 Å². The second-order valence-corrected chi connectivity index (χ2v) is 9.64. The van der Waals surface area contributed by atoms with E-state index in [1.807, 2.05) is 56.5 Å². The summed E-state index contributed by atoms with van der Waals surface area (Å²) in [7, 11) is 0. The summed E-state index contributed by atoms with van der Waals surface area (Å²) < 4.78 is 13.4. The van der Waals surface area contributed by atoms with Crippen LogP contribution in [0.2, 0.25) is 0 Å². The molecular weight excluding hydrogens is 447 g/mol. The Bertz CT molecular complexity index is 1090. The normalized spacial score (nSPS) is 11.8. The molecule has 0 radical (unpaired) electrons. The summed E-state index contributed by atoms with van der Waals surface area (Å²) in [6.07, 6.45) is 1.65. The van der Waals surface area contributed by atoms with Gasteiger partial charge in [-0.05, 0) is 79.1 Å². The summed E-state index contributed by atoms with van der Waals surface area (Å²) in [6, 6.07) is 15.8. The zero-order chi connectivity index (χ0) is 24.7. The minimum absolute atomic E-state index is 0.00497. The number of rotatable bonds is 10. The highest BCUT2D eigenvalue weighted by Gasteiger charge is 2.26. The minimum Gasteiger partial charge on any atom is -0.332 e. The molecular formula is C28H33FN2O2S. The minimum atomic E-state index is -0.307. The van der Waals surface area contributed by atoms with Crippen LogP contribution in [0.4, 0.5) is 4.39 Å². The number of benzene rings is 2. The molecule has 3 aromatic rings. The van der Waals surface area contributed by atoms with Gasteiger partial charge in [0.05, 0.1) is 6.54 Å². The molecule has 0 spiro atoms. The van der Waals surface area contributed by atoms with Crippen LogP contribution < -0.4 is 0 Å². The SMILES string of the molecule is CCc1ccc(C(=O)N(CC(=O)N(Cc2ccc(F)cc2)Cc2sccc2C)C(C)CC)cc1. The molecule has 0 N–H and O–H groups in total. The van der Waals surface area contributed by atoms with Crippen LogP contribution in [0.25, 0.3) is 0 Å². The van der Waals surface area contributed by atoms with Crippen LogP contribution in [-0.2, 0) is 24.3 Å². The van der Waals surface area contributed by atoms with Crippen LogP contribution in [0.1, 0.15) is 59.1 Å². The maximum atomic E-state index is 13.6. The Morgan fingerprint density at radius 3 is 2.15 bits per heavy atom. The lowest BCUT2D eigenvalue weighted by Crippen LogP contribution is -2.46. The van der Waals surface area contributed by atoms with Crippen molar-refractivity contribution in [3.05, 3.63) is 92.9 Å². The lowest BCUT2D eigenvalue weighted by atomic mass is 10.1. The summed E-state index contributed by atoms with van der Waals surface area (Å²) in [4.78, 5) is 31.5. The number of carbonyl (C=O) groups is 2. The van der Waals surface area contributed by atoms with Gasteiger partial charge in [-0.3, -0.25) is 9.59 Å². The molecule has 1 unspecified atom stereocenters. The number of halogens is 1. The van der Waals surface area contributed by atoms with E-state index in [0.717, 1.165) is 28.8 Å². The van der Waals surface area contributed by atoms with E-state index in [2.05, 4.69) is 6.92 Å². The first-order valence-electron chi connectivity index (χ1n) is 11.8. The molecule has 34 heavy (non-hydrogen) atoms. The first-order chi connectivity index (χ1) is 16.3. The fourth-order valence-electron chi connectivity index (χ4n) is 3.72. The Labute approximate surface area is 206 Å². The van der Waals surface area contributed by atoms with Gasteiger partial charge in [-0.15, -0.1) is 11.3 Å². The Hall–Kier alpha value is -2.99. The van der Waals surface area contributed by atoms with Crippen molar-refractivity contribution < 1.29 is 14.0 Å². The molecule has 0 saturated heterocycles. The second kappa shape index (κ2) is 11.9. The molecule has 0 aliphatic carbocycles. The van der Waals surface area contributed by atoms with Gasteiger partial charge in [0.25, 0.3) is 5.91 Å². The monoisotopic (exact) mass is 480 g/mol. The third-order valence-corrected chi connectivity index (χ3v) is 7.25. The summed E-state index contributed by atoms with van der Waals surface area (Å²) >= 11 is 1.61. The van der Waals surface area contributed by atoms with E-state index in [1.165, 1.54) is 17.7 Å². The average Bonchev–Trinajstić information content (AvgIpc) is 3.26. The van der Waals surface area contributed by atoms with Crippen LogP contribution in [0.3, 0.4) is 0 Å². The van der Waals surface area contributed by atoms with Gasteiger partial charge in [-0.25, -0.2) is 4.39 Å². The molecule has 0 aliphatic heterocycles. The van der Waals surface area contributed by atoms with Gasteiger partial charge in [-0.1, -0.05) is 38.1 Å². The molecule has 1 atom stereocenters. The highest BCUT2D eigenvalue weighted by molar-refractivity contribution is 7.10. The van der Waals surface area contributed by atoms with E-state index in [4.69, 9.17) is 0 Å². The molecule has 1 heterocycles. The van der Waals surface area contributed by atoms with Gasteiger partial charge >= 0.3 is 0 Å². The Morgan fingerprint density at radius 1 is 0.941 bits per heavy atom. The summed E-state index contributed by atoms with van der Waals surface area (Å²) in [5.74, 6) is -0.575. The molecule has 2 aromatic carbocycles. The van der Waals surface area contributed by atoms with Crippen molar-refractivity contribution in [2.24, 2.45) is 0 Å². The molecule has 4 nitrogen and oxygen atoms in total. The smallest absolute Gasteiger partial charge is 0.254 e. The Balaban J connectivity index is 1.84. The number of amides is 2. The molecule has 1 aromatic heterocycles. The number of aryl methyl sites for hydroxylation is 2. The van der Waals surface area contributed by atoms with Gasteiger partial charge in [0.2, 0.25) is 5.91 Å². The van der Waals surface area contributed by atoms with E-state index < -0.39 is 0 Å². The molecule has 0 bridgehead atoms. The van der Waals surface area contributed by atoms with Crippen molar-refractivity contribution in [2.45, 2.75) is 59.7 Å². The zero-order valence-corrected chi connectivity index (χ0v) is 21.2. The van der Waals surface area contributed by atoms with E-state index in [-0.39, 0.29) is 30.2 Å². The summed E-state index contributed by atoms with van der Waals surface area (Å²) in [6.45, 7) is 8.89. The lowest BCUT2D eigenvalue weighted by molar-refractivity contribution is -0.133. The topological polar surface area (TPSA) is 40.6 Å². The van der Waals surface area contributed by atoms with Gasteiger partial charge in [0, 0.05) is 23.0 Å². The highest BCUT2D eigenvalue weighted by atomic mass is 32.1. The van der Waals surface area contributed by atoms with Crippen molar-refractivity contribution in [1.29, 1.82) is 0 Å². The number of hydrogen-bond donors (Lipinski definition) is 0. The molecule has 0 fully saturated rings. The van der Waals surface area contributed by atoms with Gasteiger partial charge < -0.3 is 9.80 Å². The average molecular weight is 481 g/mol. The summed E-state index contributed by atoms with van der Waals surface area (Å²) in [5.41, 5.74) is 3.73. The molecule has 180 valence electrons. The number of hydrogen-bond acceptors (Lipinski definition) is 3. The molecule has 2 amide bonds. The standard InChI is InChI=1S/C28H33FN2O2S/c1-5-21(4)31(28(33)24-11-7-22(6-2)8-12-24)19-27(32)30(18-26-20(3)15-16-34-26)17-23-9-13-25(29)14-10-23/h7-16,21H,5-6,17-19H2,1-4H3. The van der Waals surface area contributed by atoms with Crippen molar-refractivity contribution in [3.63, 3.8) is 0 Å². The predicted octanol–water partition coefficient (Wildman–Crippen LogP) is 6.23. The fraction of sp³-hybridized carbons (Fsp3) is 0.357. The van der Waals surface area contributed by atoms with E-state index in [0.29, 0.717) is 18.7 Å². The van der Waals surface area contributed by atoms with E-state index in [1.54, 1.807) is 33.3 Å². The Morgan fingerprint density at radius 2 is 1.59 bits per heavy atom. The third-order valence-electron chi connectivity index (χ3n) is 6.24. The Kier molecular flexibility index (Phi) is 8.99. The number of carbonyl (C=O) groups excluding carboxylic acids is 2. The molecule has 0 aliphatic rings. The van der Waals surface area contributed by atoms with Gasteiger partial charge in [-0.2, -0.15) is 0 Å². The first-order valence-corrected chi connectivity index (χ1v) is 12.6. The van der Waals surface area contributed by atoms with Gasteiger partial charge in [0.1, 0.15) is 12.4 Å². The van der Waals surface area contributed by atoms with Crippen molar-refractivity contribution in [3.8, 4) is 0 Å². The van der Waals surface area contributed by atoms with Gasteiger partial charge in [0.15, 0.2) is 0 Å². The highest BCUT2D eigenvalue weighted by Crippen LogP contribution is 2.21. The lowest BCUT2D eigenvalue weighted by Gasteiger charge is -2.31. The molecule has 3 rings (SSSR count). The van der Waals surface area contributed by atoms with E-state index in [9.17, 15) is 14.0 Å². The van der Waals surface area contributed by atoms with Crippen LogP contribution in [-0.4, -0.2) is 34.2 Å². The predicted molar refractivity (Wildman–Crippen MR) is 136 cm³/mol. The fourth-order valence-corrected chi connectivity index (χ4v) is 4.65. The zero-order valence-electron chi connectivity index (χ0n) is 20.4. The van der Waals surface area contributed by atoms with Crippen LogP contribution in [0.15, 0.2) is 60.0 Å². The maximum absolute atomic E-state index is 13.6. The maximum Gasteiger partial charge on any atom is 0.254 e. The van der Waals surface area contributed by atoms with Crippen molar-refractivity contribution in [1.82, 2.24) is 9.80 Å². The van der Waals surface area contributed by atoms with Crippen molar-refractivity contribution >= 4 is 23.2 Å². The largest absolute Gasteiger partial charge is 0.332 e. The number of nitrogens with zero attached hydrogens (tertiary/aromatic N) is 2. The first kappa shape index (κ1) is 25.6. The number of thiophene rings is 1. The molecule has 6 heteroatoms. The third kappa shape index (κ3) is 6.54. The second-order valence-electron chi connectivity index (χ2n) is 8.64. The van der Waals surface area contributed by atoms with Crippen molar-refractivity contribution in [2.75, 3.05) is 6.54 Å². The quantitative estimate of drug-likeness (QED) is 0.345.